The fourth-order valence-electron chi connectivity index (χ4n) is 2.54. The normalized spacial score (nSPS) is 21.8. The van der Waals surface area contributed by atoms with Gasteiger partial charge in [-0.3, -0.25) is 9.80 Å². The van der Waals surface area contributed by atoms with E-state index >= 15 is 0 Å². The largest absolute Gasteiger partial charge is 0.395 e. The predicted molar refractivity (Wildman–Crippen MR) is 82.5 cm³/mol. The van der Waals surface area contributed by atoms with Gasteiger partial charge in [-0.1, -0.05) is 23.7 Å². The fourth-order valence-corrected chi connectivity index (χ4v) is 3.13. The number of benzene rings is 1. The van der Waals surface area contributed by atoms with Crippen molar-refractivity contribution < 1.29 is 5.11 Å². The Hall–Kier alpha value is -0.130. The van der Waals surface area contributed by atoms with Crippen LogP contribution in [0.1, 0.15) is 12.5 Å². The van der Waals surface area contributed by atoms with Gasteiger partial charge in [-0.05, 0) is 34.5 Å². The summed E-state index contributed by atoms with van der Waals surface area (Å²) in [7, 11) is 0. The highest BCUT2D eigenvalue weighted by molar-refractivity contribution is 9.10. The standard InChI is InChI=1S/C14H20BrClN2O/c1-11-9-17(7-8-19)5-6-18(11)10-12-3-2-4-13(15)14(12)16/h2-4,11,19H,5-10H2,1H3. The van der Waals surface area contributed by atoms with Crippen LogP contribution in [0.3, 0.4) is 0 Å². The second-order valence-corrected chi connectivity index (χ2v) is 6.29. The third kappa shape index (κ3) is 3.92. The van der Waals surface area contributed by atoms with Crippen LogP contribution in [0.15, 0.2) is 22.7 Å². The van der Waals surface area contributed by atoms with Crippen molar-refractivity contribution in [3.8, 4) is 0 Å². The Morgan fingerprint density at radius 2 is 2.21 bits per heavy atom. The summed E-state index contributed by atoms with van der Waals surface area (Å²) in [6.07, 6.45) is 0. The Balaban J connectivity index is 1.98. The van der Waals surface area contributed by atoms with Gasteiger partial charge in [0.15, 0.2) is 0 Å². The molecule has 0 saturated carbocycles. The summed E-state index contributed by atoms with van der Waals surface area (Å²) >= 11 is 9.79. The molecule has 1 fully saturated rings. The molecule has 0 aliphatic carbocycles. The van der Waals surface area contributed by atoms with E-state index in [0.29, 0.717) is 6.04 Å². The zero-order chi connectivity index (χ0) is 13.8. The fraction of sp³-hybridized carbons (Fsp3) is 0.571. The average Bonchev–Trinajstić information content (AvgIpc) is 2.38. The van der Waals surface area contributed by atoms with E-state index in [1.165, 1.54) is 5.56 Å². The molecular formula is C14H20BrClN2O. The minimum atomic E-state index is 0.240. The maximum atomic E-state index is 8.99. The molecule has 0 aromatic heterocycles. The lowest BCUT2D eigenvalue weighted by Crippen LogP contribution is -2.51. The highest BCUT2D eigenvalue weighted by atomic mass is 79.9. The van der Waals surface area contributed by atoms with Crippen molar-refractivity contribution in [3.63, 3.8) is 0 Å². The molecule has 0 spiro atoms. The van der Waals surface area contributed by atoms with E-state index < -0.39 is 0 Å². The van der Waals surface area contributed by atoms with Gasteiger partial charge in [0.1, 0.15) is 0 Å². The van der Waals surface area contributed by atoms with Crippen molar-refractivity contribution in [2.75, 3.05) is 32.8 Å². The van der Waals surface area contributed by atoms with Crippen molar-refractivity contribution in [3.05, 3.63) is 33.3 Å². The Morgan fingerprint density at radius 3 is 2.89 bits per heavy atom. The molecule has 5 heteroatoms. The van der Waals surface area contributed by atoms with E-state index in [1.807, 2.05) is 12.1 Å². The third-order valence-electron chi connectivity index (χ3n) is 3.67. The molecule has 1 aliphatic rings. The number of rotatable bonds is 4. The van der Waals surface area contributed by atoms with Crippen molar-refractivity contribution in [1.82, 2.24) is 9.80 Å². The number of aliphatic hydroxyl groups is 1. The molecule has 1 aromatic carbocycles. The molecule has 1 N–H and O–H groups in total. The molecule has 1 aromatic rings. The van der Waals surface area contributed by atoms with Gasteiger partial charge in [-0.25, -0.2) is 0 Å². The first-order valence-electron chi connectivity index (χ1n) is 6.62. The van der Waals surface area contributed by atoms with Crippen molar-refractivity contribution in [1.29, 1.82) is 0 Å². The summed E-state index contributed by atoms with van der Waals surface area (Å²) < 4.78 is 0.957. The number of nitrogens with zero attached hydrogens (tertiary/aromatic N) is 2. The van der Waals surface area contributed by atoms with E-state index in [2.05, 4.69) is 38.7 Å². The molecular weight excluding hydrogens is 328 g/mol. The lowest BCUT2D eigenvalue weighted by atomic mass is 10.1. The van der Waals surface area contributed by atoms with Gasteiger partial charge in [-0.2, -0.15) is 0 Å². The third-order valence-corrected chi connectivity index (χ3v) is 5.01. The summed E-state index contributed by atoms with van der Waals surface area (Å²) in [4.78, 5) is 4.76. The summed E-state index contributed by atoms with van der Waals surface area (Å²) in [5, 5.41) is 9.81. The quantitative estimate of drug-likeness (QED) is 0.907. The first-order chi connectivity index (χ1) is 9.11. The average molecular weight is 348 g/mol. The molecule has 19 heavy (non-hydrogen) atoms. The lowest BCUT2D eigenvalue weighted by molar-refractivity contribution is 0.0664. The van der Waals surface area contributed by atoms with Gasteiger partial charge < -0.3 is 5.11 Å². The van der Waals surface area contributed by atoms with Crippen LogP contribution >= 0.6 is 27.5 Å². The van der Waals surface area contributed by atoms with E-state index in [-0.39, 0.29) is 6.61 Å². The van der Waals surface area contributed by atoms with E-state index in [0.717, 1.165) is 42.2 Å². The predicted octanol–water partition coefficient (Wildman–Crippen LogP) is 2.60. The molecule has 2 rings (SSSR count). The van der Waals surface area contributed by atoms with Crippen LogP contribution in [-0.2, 0) is 6.54 Å². The van der Waals surface area contributed by atoms with Gasteiger partial charge in [-0.15, -0.1) is 0 Å². The summed E-state index contributed by atoms with van der Waals surface area (Å²) in [5.41, 5.74) is 1.17. The number of halogens is 2. The van der Waals surface area contributed by atoms with Crippen LogP contribution in [0.4, 0.5) is 0 Å². The van der Waals surface area contributed by atoms with Crippen LogP contribution in [0, 0.1) is 0 Å². The number of hydrogen-bond acceptors (Lipinski definition) is 3. The maximum Gasteiger partial charge on any atom is 0.0593 e. The molecule has 1 saturated heterocycles. The molecule has 3 nitrogen and oxygen atoms in total. The molecule has 0 radical (unpaired) electrons. The smallest absolute Gasteiger partial charge is 0.0593 e. The zero-order valence-corrected chi connectivity index (χ0v) is 13.5. The molecule has 106 valence electrons. The summed E-state index contributed by atoms with van der Waals surface area (Å²) in [6.45, 7) is 7.16. The maximum absolute atomic E-state index is 8.99. The number of aliphatic hydroxyl groups excluding tert-OH is 1. The van der Waals surface area contributed by atoms with Gasteiger partial charge in [0.25, 0.3) is 0 Å². The summed E-state index contributed by atoms with van der Waals surface area (Å²) in [5.74, 6) is 0. The molecule has 1 atom stereocenters. The van der Waals surface area contributed by atoms with E-state index in [9.17, 15) is 0 Å². The Kier molecular flexibility index (Phi) is 5.66. The monoisotopic (exact) mass is 346 g/mol. The zero-order valence-electron chi connectivity index (χ0n) is 11.1. The van der Waals surface area contributed by atoms with Crippen LogP contribution in [0.2, 0.25) is 5.02 Å². The molecule has 1 aliphatic heterocycles. The minimum absolute atomic E-state index is 0.240. The van der Waals surface area contributed by atoms with Gasteiger partial charge in [0, 0.05) is 43.2 Å². The topological polar surface area (TPSA) is 26.7 Å². The van der Waals surface area contributed by atoms with E-state index in [1.54, 1.807) is 0 Å². The van der Waals surface area contributed by atoms with Crippen molar-refractivity contribution in [2.24, 2.45) is 0 Å². The Morgan fingerprint density at radius 1 is 1.42 bits per heavy atom. The first kappa shape index (κ1) is 15.3. The second-order valence-electron chi connectivity index (χ2n) is 5.06. The van der Waals surface area contributed by atoms with Crippen LogP contribution in [0.5, 0.6) is 0 Å². The molecule has 0 amide bonds. The lowest BCUT2D eigenvalue weighted by Gasteiger charge is -2.39. The Bertz CT molecular complexity index is 430. The van der Waals surface area contributed by atoms with E-state index in [4.69, 9.17) is 16.7 Å². The number of hydrogen-bond donors (Lipinski definition) is 1. The molecule has 1 heterocycles. The second kappa shape index (κ2) is 7.04. The first-order valence-corrected chi connectivity index (χ1v) is 7.79. The molecule has 1 unspecified atom stereocenters. The number of β-amino-alcohol motifs (C(OH)–C–C–N with tert-alkyl or cyclic N) is 1. The number of piperazine rings is 1. The van der Waals surface area contributed by atoms with Gasteiger partial charge in [0.2, 0.25) is 0 Å². The minimum Gasteiger partial charge on any atom is -0.395 e. The van der Waals surface area contributed by atoms with Crippen LogP contribution in [-0.4, -0.2) is 53.7 Å². The van der Waals surface area contributed by atoms with Crippen molar-refractivity contribution in [2.45, 2.75) is 19.5 Å². The molecule has 0 bridgehead atoms. The van der Waals surface area contributed by atoms with Crippen LogP contribution in [0.25, 0.3) is 0 Å². The highest BCUT2D eigenvalue weighted by Crippen LogP contribution is 2.27. The van der Waals surface area contributed by atoms with Crippen LogP contribution < -0.4 is 0 Å². The highest BCUT2D eigenvalue weighted by Gasteiger charge is 2.23. The van der Waals surface area contributed by atoms with Crippen molar-refractivity contribution >= 4 is 27.5 Å². The summed E-state index contributed by atoms with van der Waals surface area (Å²) in [6, 6.07) is 6.56. The van der Waals surface area contributed by atoms with Gasteiger partial charge in [0.05, 0.1) is 11.6 Å². The Labute approximate surface area is 128 Å². The van der Waals surface area contributed by atoms with Gasteiger partial charge >= 0.3 is 0 Å². The SMILES string of the molecule is CC1CN(CCO)CCN1Cc1cccc(Br)c1Cl.